The third-order valence-electron chi connectivity index (χ3n) is 4.82. The summed E-state index contributed by atoms with van der Waals surface area (Å²) >= 11 is 0. The summed E-state index contributed by atoms with van der Waals surface area (Å²) in [6.07, 6.45) is -2.37. The lowest BCUT2D eigenvalue weighted by atomic mass is 10.0. The summed E-state index contributed by atoms with van der Waals surface area (Å²) < 4.78 is 15.9. The second kappa shape index (κ2) is 12.3. The zero-order chi connectivity index (χ0) is 23.5. The zero-order valence-corrected chi connectivity index (χ0v) is 18.3. The van der Waals surface area contributed by atoms with Crippen molar-refractivity contribution in [3.63, 3.8) is 0 Å². The normalized spacial score (nSPS) is 12.3. The van der Waals surface area contributed by atoms with Gasteiger partial charge in [-0.25, -0.2) is 9.59 Å². The molecular formula is C26H27NO6. The van der Waals surface area contributed by atoms with Crippen LogP contribution in [0.3, 0.4) is 0 Å². The van der Waals surface area contributed by atoms with E-state index in [-0.39, 0.29) is 13.2 Å². The van der Waals surface area contributed by atoms with E-state index in [4.69, 9.17) is 14.2 Å². The van der Waals surface area contributed by atoms with Crippen LogP contribution in [0.5, 0.6) is 5.75 Å². The van der Waals surface area contributed by atoms with Gasteiger partial charge in [0.15, 0.2) is 6.10 Å². The third-order valence-corrected chi connectivity index (χ3v) is 4.82. The topological polar surface area (TPSA) is 94.1 Å². The molecule has 2 atom stereocenters. The number of hydrogen-bond donors (Lipinski definition) is 2. The molecule has 33 heavy (non-hydrogen) atoms. The molecule has 0 spiro atoms. The standard InChI is InChI=1S/C26H27NO6/c1-2-31-25(29)24(28)23(27-26(30)33-18-20-11-7-4-8-12-20)21-13-15-22(16-14-21)32-17-19-9-5-3-6-10-19/h3-16,23-24,28H,2,17-18H2,1H3,(H,27,30)/t23-,24+/m1/s1. The molecule has 0 aliphatic carbocycles. The van der Waals surface area contributed by atoms with Gasteiger partial charge >= 0.3 is 12.1 Å². The van der Waals surface area contributed by atoms with E-state index in [0.717, 1.165) is 11.1 Å². The first kappa shape index (κ1) is 23.8. The Bertz CT molecular complexity index is 1010. The Balaban J connectivity index is 1.67. The van der Waals surface area contributed by atoms with Crippen LogP contribution in [0, 0.1) is 0 Å². The van der Waals surface area contributed by atoms with Crippen LogP contribution < -0.4 is 10.1 Å². The Hall–Kier alpha value is -3.84. The summed E-state index contributed by atoms with van der Waals surface area (Å²) in [6, 6.07) is 24.6. The van der Waals surface area contributed by atoms with E-state index in [1.54, 1.807) is 31.2 Å². The highest BCUT2D eigenvalue weighted by atomic mass is 16.6. The molecule has 3 aromatic carbocycles. The Kier molecular flexibility index (Phi) is 8.85. The first-order chi connectivity index (χ1) is 16.1. The molecule has 0 aliphatic rings. The van der Waals surface area contributed by atoms with Gasteiger partial charge in [0.05, 0.1) is 12.6 Å². The molecule has 3 rings (SSSR count). The summed E-state index contributed by atoms with van der Waals surface area (Å²) in [5.74, 6) is -0.228. The molecule has 0 saturated carbocycles. The van der Waals surface area contributed by atoms with Crippen molar-refractivity contribution in [3.8, 4) is 5.75 Å². The van der Waals surface area contributed by atoms with Gasteiger partial charge in [-0.2, -0.15) is 0 Å². The van der Waals surface area contributed by atoms with Crippen LogP contribution in [0.2, 0.25) is 0 Å². The molecular weight excluding hydrogens is 422 g/mol. The number of rotatable bonds is 10. The molecule has 7 nitrogen and oxygen atoms in total. The van der Waals surface area contributed by atoms with Crippen molar-refractivity contribution in [2.75, 3.05) is 6.61 Å². The minimum absolute atomic E-state index is 0.0567. The van der Waals surface area contributed by atoms with Crippen LogP contribution in [0.15, 0.2) is 84.9 Å². The average Bonchev–Trinajstić information content (AvgIpc) is 2.86. The predicted molar refractivity (Wildman–Crippen MR) is 122 cm³/mol. The molecule has 0 aliphatic heterocycles. The molecule has 7 heteroatoms. The van der Waals surface area contributed by atoms with Crippen molar-refractivity contribution >= 4 is 12.1 Å². The summed E-state index contributed by atoms with van der Waals surface area (Å²) in [7, 11) is 0. The van der Waals surface area contributed by atoms with Gasteiger partial charge in [-0.3, -0.25) is 0 Å². The van der Waals surface area contributed by atoms with Gasteiger partial charge in [0, 0.05) is 0 Å². The Labute approximate surface area is 192 Å². The van der Waals surface area contributed by atoms with Gasteiger partial charge in [-0.1, -0.05) is 72.8 Å². The number of esters is 1. The maximum Gasteiger partial charge on any atom is 0.408 e. The van der Waals surface area contributed by atoms with E-state index in [1.165, 1.54) is 0 Å². The van der Waals surface area contributed by atoms with E-state index in [9.17, 15) is 14.7 Å². The Morgan fingerprint density at radius 1 is 0.818 bits per heavy atom. The summed E-state index contributed by atoms with van der Waals surface area (Å²) in [5.41, 5.74) is 2.34. The van der Waals surface area contributed by atoms with Gasteiger partial charge in [0.25, 0.3) is 0 Å². The molecule has 2 N–H and O–H groups in total. The molecule has 1 amide bonds. The minimum Gasteiger partial charge on any atom is -0.489 e. The molecule has 0 aromatic heterocycles. The number of benzene rings is 3. The lowest BCUT2D eigenvalue weighted by molar-refractivity contribution is -0.154. The number of hydrogen-bond acceptors (Lipinski definition) is 6. The molecule has 0 fully saturated rings. The number of amides is 1. The maximum absolute atomic E-state index is 12.4. The SMILES string of the molecule is CCOC(=O)[C@@H](O)[C@H](NC(=O)OCc1ccccc1)c1ccc(OCc2ccccc2)cc1. The molecule has 3 aromatic rings. The number of nitrogens with one attached hydrogen (secondary N) is 1. The first-order valence-electron chi connectivity index (χ1n) is 10.7. The van der Waals surface area contributed by atoms with E-state index in [2.05, 4.69) is 5.32 Å². The third kappa shape index (κ3) is 7.36. The van der Waals surface area contributed by atoms with Gasteiger partial charge in [-0.05, 0) is 35.7 Å². The second-order valence-electron chi connectivity index (χ2n) is 7.22. The fourth-order valence-corrected chi connectivity index (χ4v) is 3.11. The monoisotopic (exact) mass is 449 g/mol. The maximum atomic E-state index is 12.4. The first-order valence-corrected chi connectivity index (χ1v) is 10.7. The highest BCUT2D eigenvalue weighted by Gasteiger charge is 2.31. The molecule has 0 radical (unpaired) electrons. The van der Waals surface area contributed by atoms with Crippen LogP contribution in [-0.2, 0) is 27.5 Å². The van der Waals surface area contributed by atoms with Crippen molar-refractivity contribution in [2.45, 2.75) is 32.3 Å². The number of aliphatic hydroxyl groups excluding tert-OH is 1. The highest BCUT2D eigenvalue weighted by molar-refractivity contribution is 5.77. The van der Waals surface area contributed by atoms with Crippen LogP contribution in [0.25, 0.3) is 0 Å². The van der Waals surface area contributed by atoms with Gasteiger partial charge in [0.1, 0.15) is 19.0 Å². The highest BCUT2D eigenvalue weighted by Crippen LogP contribution is 2.22. The van der Waals surface area contributed by atoms with E-state index < -0.39 is 24.2 Å². The number of alkyl carbamates (subject to hydrolysis) is 1. The molecule has 0 bridgehead atoms. The minimum atomic E-state index is -1.61. The number of aliphatic hydroxyl groups is 1. The molecule has 0 unspecified atom stereocenters. The number of carbonyl (C=O) groups excluding carboxylic acids is 2. The van der Waals surface area contributed by atoms with Gasteiger partial charge in [0.2, 0.25) is 0 Å². The molecule has 172 valence electrons. The van der Waals surface area contributed by atoms with Crippen LogP contribution >= 0.6 is 0 Å². The molecule has 0 saturated heterocycles. The predicted octanol–water partition coefficient (Wildman–Crippen LogP) is 4.16. The summed E-state index contributed by atoms with van der Waals surface area (Å²) in [4.78, 5) is 24.5. The fourth-order valence-electron chi connectivity index (χ4n) is 3.11. The van der Waals surface area contributed by atoms with E-state index in [1.807, 2.05) is 60.7 Å². The van der Waals surface area contributed by atoms with Crippen molar-refractivity contribution in [1.82, 2.24) is 5.32 Å². The quantitative estimate of drug-likeness (QED) is 0.452. The van der Waals surface area contributed by atoms with Crippen molar-refractivity contribution in [1.29, 1.82) is 0 Å². The average molecular weight is 450 g/mol. The summed E-state index contributed by atoms with van der Waals surface area (Å²) in [6.45, 7) is 2.20. The lowest BCUT2D eigenvalue weighted by Gasteiger charge is -2.23. The van der Waals surface area contributed by atoms with Gasteiger partial charge < -0.3 is 24.6 Å². The van der Waals surface area contributed by atoms with E-state index >= 15 is 0 Å². The summed E-state index contributed by atoms with van der Waals surface area (Å²) in [5, 5.41) is 13.1. The van der Waals surface area contributed by atoms with Crippen LogP contribution in [-0.4, -0.2) is 29.9 Å². The second-order valence-corrected chi connectivity index (χ2v) is 7.22. The lowest BCUT2D eigenvalue weighted by Crippen LogP contribution is -2.41. The fraction of sp³-hybridized carbons (Fsp3) is 0.231. The molecule has 0 heterocycles. The largest absolute Gasteiger partial charge is 0.489 e. The van der Waals surface area contributed by atoms with Gasteiger partial charge in [-0.15, -0.1) is 0 Å². The smallest absolute Gasteiger partial charge is 0.408 e. The van der Waals surface area contributed by atoms with Crippen LogP contribution in [0.4, 0.5) is 4.79 Å². The number of ether oxygens (including phenoxy) is 3. The van der Waals surface area contributed by atoms with Crippen molar-refractivity contribution in [2.24, 2.45) is 0 Å². The van der Waals surface area contributed by atoms with Crippen molar-refractivity contribution < 1.29 is 28.9 Å². The van der Waals surface area contributed by atoms with Crippen LogP contribution in [0.1, 0.15) is 29.7 Å². The Morgan fingerprint density at radius 2 is 1.39 bits per heavy atom. The Morgan fingerprint density at radius 3 is 1.97 bits per heavy atom. The number of carbonyl (C=O) groups is 2. The van der Waals surface area contributed by atoms with E-state index in [0.29, 0.717) is 17.9 Å². The van der Waals surface area contributed by atoms with Crippen molar-refractivity contribution in [3.05, 3.63) is 102 Å². The zero-order valence-electron chi connectivity index (χ0n) is 18.3.